The van der Waals surface area contributed by atoms with Gasteiger partial charge >= 0.3 is 0 Å². The van der Waals surface area contributed by atoms with E-state index in [0.29, 0.717) is 11.8 Å². The second-order valence-corrected chi connectivity index (χ2v) is 9.63. The number of methoxy groups -OCH3 is 1. The van der Waals surface area contributed by atoms with Crippen molar-refractivity contribution < 1.29 is 9.66 Å². The molecule has 0 unspecified atom stereocenters. The zero-order valence-electron chi connectivity index (χ0n) is 20.1. The lowest BCUT2D eigenvalue weighted by Crippen LogP contribution is -2.37. The summed E-state index contributed by atoms with van der Waals surface area (Å²) < 4.78 is 7.68. The van der Waals surface area contributed by atoms with Crippen LogP contribution in [0.4, 0.5) is 5.69 Å². The number of nitro groups is 1. The number of rotatable bonds is 6. The lowest BCUT2D eigenvalue weighted by molar-refractivity contribution is -0.384. The molecule has 1 saturated carbocycles. The van der Waals surface area contributed by atoms with Gasteiger partial charge in [0.1, 0.15) is 5.75 Å². The van der Waals surface area contributed by atoms with E-state index in [1.54, 1.807) is 6.07 Å². The number of ether oxygens (including phenoxy) is 1. The number of hydrogen-bond acceptors (Lipinski definition) is 5. The largest absolute Gasteiger partial charge is 0.494 e. The van der Waals surface area contributed by atoms with E-state index in [1.807, 2.05) is 31.3 Å². The topological polar surface area (TPSA) is 85.5 Å². The van der Waals surface area contributed by atoms with Gasteiger partial charge in [-0.3, -0.25) is 15.1 Å². The van der Waals surface area contributed by atoms with Gasteiger partial charge in [-0.25, -0.2) is 0 Å². The molecule has 0 bridgehead atoms. The van der Waals surface area contributed by atoms with Crippen molar-refractivity contribution in [2.45, 2.75) is 57.7 Å². The number of pyridine rings is 1. The van der Waals surface area contributed by atoms with Gasteiger partial charge in [0.05, 0.1) is 41.6 Å². The van der Waals surface area contributed by atoms with Crippen molar-refractivity contribution in [2.75, 3.05) is 7.11 Å². The number of benzene rings is 1. The maximum atomic E-state index is 11.3. The molecule has 8 nitrogen and oxygen atoms in total. The van der Waals surface area contributed by atoms with Crippen LogP contribution < -0.4 is 10.1 Å². The number of nitrogens with zero attached hydrogens (tertiary/aromatic N) is 4. The molecular weight excluding hydrogens is 462 g/mol. The van der Waals surface area contributed by atoms with Crippen LogP contribution in [0.1, 0.15) is 60.4 Å². The molecule has 1 N–H and O–H groups in total. The summed E-state index contributed by atoms with van der Waals surface area (Å²) in [5, 5.41) is 15.6. The Morgan fingerprint density at radius 1 is 1.17 bits per heavy atom. The predicted molar refractivity (Wildman–Crippen MR) is 138 cm³/mol. The fourth-order valence-corrected chi connectivity index (χ4v) is 6.09. The standard InChI is InChI=1S/C26H29N5O3S/c1-16-14-20(17(2)29(16)22-12-11-19(31(32)33)15-23(22)34-3)25-24(21-10-6-7-13-27-21)28-26(35)30(25)18-8-4-5-9-18/h6-7,10-15,18,24-25H,4-5,8-9H2,1-3H3,(H,28,35)/t24-,25+/m0/s1. The van der Waals surface area contributed by atoms with E-state index in [2.05, 4.69) is 32.8 Å². The monoisotopic (exact) mass is 491 g/mol. The van der Waals surface area contributed by atoms with Crippen molar-refractivity contribution in [3.05, 3.63) is 81.4 Å². The van der Waals surface area contributed by atoms with Gasteiger partial charge in [0.15, 0.2) is 5.11 Å². The zero-order chi connectivity index (χ0) is 24.7. The summed E-state index contributed by atoms with van der Waals surface area (Å²) in [6, 6.07) is 13.2. The van der Waals surface area contributed by atoms with Crippen molar-refractivity contribution in [3.8, 4) is 11.4 Å². The quantitative estimate of drug-likeness (QED) is 0.284. The Bertz CT molecular complexity index is 1270. The summed E-state index contributed by atoms with van der Waals surface area (Å²) in [4.78, 5) is 18.0. The Balaban J connectivity index is 1.64. The third kappa shape index (κ3) is 4.03. The third-order valence-electron chi connectivity index (χ3n) is 7.26. The maximum absolute atomic E-state index is 11.3. The first-order valence-corrected chi connectivity index (χ1v) is 12.3. The smallest absolute Gasteiger partial charge is 0.273 e. The van der Waals surface area contributed by atoms with Crippen molar-refractivity contribution in [1.82, 2.24) is 19.8 Å². The highest BCUT2D eigenvalue weighted by Crippen LogP contribution is 2.45. The van der Waals surface area contributed by atoms with Crippen LogP contribution in [0.3, 0.4) is 0 Å². The van der Waals surface area contributed by atoms with Gasteiger partial charge in [0, 0.05) is 29.7 Å². The summed E-state index contributed by atoms with van der Waals surface area (Å²) in [6.07, 6.45) is 6.50. The van der Waals surface area contributed by atoms with Gasteiger partial charge in [-0.15, -0.1) is 0 Å². The maximum Gasteiger partial charge on any atom is 0.273 e. The fourth-order valence-electron chi connectivity index (χ4n) is 5.70. The van der Waals surface area contributed by atoms with Crippen LogP contribution in [-0.4, -0.2) is 37.6 Å². The van der Waals surface area contributed by atoms with Crippen LogP contribution in [0.25, 0.3) is 5.69 Å². The van der Waals surface area contributed by atoms with E-state index in [0.717, 1.165) is 46.3 Å². The van der Waals surface area contributed by atoms with Gasteiger partial charge in [0.25, 0.3) is 5.69 Å². The minimum atomic E-state index is -0.408. The molecule has 1 aliphatic carbocycles. The molecule has 0 amide bonds. The Labute approximate surface area is 210 Å². The molecule has 2 fully saturated rings. The third-order valence-corrected chi connectivity index (χ3v) is 7.59. The second-order valence-electron chi connectivity index (χ2n) is 9.25. The lowest BCUT2D eigenvalue weighted by Gasteiger charge is -2.33. The molecule has 1 aliphatic heterocycles. The second kappa shape index (κ2) is 9.30. The van der Waals surface area contributed by atoms with Gasteiger partial charge in [-0.1, -0.05) is 18.9 Å². The number of nitro benzene ring substituents is 1. The van der Waals surface area contributed by atoms with E-state index in [-0.39, 0.29) is 17.8 Å². The molecule has 0 spiro atoms. The molecule has 5 rings (SSSR count). The number of aryl methyl sites for hydroxylation is 1. The molecule has 2 aromatic heterocycles. The minimum Gasteiger partial charge on any atom is -0.494 e. The Kier molecular flexibility index (Phi) is 6.19. The molecule has 1 aromatic carbocycles. The van der Waals surface area contributed by atoms with Gasteiger partial charge < -0.3 is 19.5 Å². The van der Waals surface area contributed by atoms with Crippen LogP contribution >= 0.6 is 12.2 Å². The zero-order valence-corrected chi connectivity index (χ0v) is 20.9. The van der Waals surface area contributed by atoms with Crippen molar-refractivity contribution in [3.63, 3.8) is 0 Å². The number of hydrogen-bond donors (Lipinski definition) is 1. The van der Waals surface area contributed by atoms with Crippen LogP contribution in [-0.2, 0) is 0 Å². The van der Waals surface area contributed by atoms with E-state index >= 15 is 0 Å². The van der Waals surface area contributed by atoms with Crippen LogP contribution in [0, 0.1) is 24.0 Å². The molecule has 9 heteroatoms. The SMILES string of the molecule is COc1cc([N+](=O)[O-])ccc1-n1c(C)cc([C@@H]2[C@H](c3ccccn3)NC(=S)N2C2CCCC2)c1C. The van der Waals surface area contributed by atoms with E-state index in [4.69, 9.17) is 17.0 Å². The molecule has 2 atom stereocenters. The van der Waals surface area contributed by atoms with Crippen LogP contribution in [0.2, 0.25) is 0 Å². The predicted octanol–water partition coefficient (Wildman–Crippen LogP) is 5.32. The first-order chi connectivity index (χ1) is 16.9. The number of aromatic nitrogens is 2. The Morgan fingerprint density at radius 2 is 1.94 bits per heavy atom. The van der Waals surface area contributed by atoms with Crippen molar-refractivity contribution in [1.29, 1.82) is 0 Å². The number of non-ortho nitro benzene ring substituents is 1. The summed E-state index contributed by atoms with van der Waals surface area (Å²) in [5.74, 6) is 0.460. The molecule has 3 heterocycles. The van der Waals surface area contributed by atoms with Crippen LogP contribution in [0.15, 0.2) is 48.7 Å². The van der Waals surface area contributed by atoms with Gasteiger partial charge in [-0.2, -0.15) is 0 Å². The first kappa shape index (κ1) is 23.3. The first-order valence-electron chi connectivity index (χ1n) is 11.9. The average molecular weight is 492 g/mol. The molecule has 182 valence electrons. The number of nitrogens with one attached hydrogen (secondary N) is 1. The molecule has 0 radical (unpaired) electrons. The minimum absolute atomic E-state index is 0.00116. The Morgan fingerprint density at radius 3 is 2.60 bits per heavy atom. The summed E-state index contributed by atoms with van der Waals surface area (Å²) in [5.41, 5.74) is 4.97. The van der Waals surface area contributed by atoms with Gasteiger partial charge in [0.2, 0.25) is 0 Å². The Hall–Kier alpha value is -3.46. The summed E-state index contributed by atoms with van der Waals surface area (Å²) in [7, 11) is 1.54. The van der Waals surface area contributed by atoms with E-state index in [9.17, 15) is 10.1 Å². The summed E-state index contributed by atoms with van der Waals surface area (Å²) >= 11 is 5.88. The molecule has 1 saturated heterocycles. The highest BCUT2D eigenvalue weighted by Gasteiger charge is 2.44. The van der Waals surface area contributed by atoms with Crippen LogP contribution in [0.5, 0.6) is 5.75 Å². The van der Waals surface area contributed by atoms with Crippen molar-refractivity contribution in [2.24, 2.45) is 0 Å². The molecule has 2 aliphatic rings. The molecule has 3 aromatic rings. The van der Waals surface area contributed by atoms with Crippen molar-refractivity contribution >= 4 is 23.0 Å². The normalized spacial score (nSPS) is 20.3. The highest BCUT2D eigenvalue weighted by atomic mass is 32.1. The van der Waals surface area contributed by atoms with E-state index in [1.165, 1.54) is 32.1 Å². The average Bonchev–Trinajstić information content (AvgIpc) is 3.57. The highest BCUT2D eigenvalue weighted by molar-refractivity contribution is 7.80. The fraction of sp³-hybridized carbons (Fsp3) is 0.385. The molecular formula is C26H29N5O3S. The van der Waals surface area contributed by atoms with Gasteiger partial charge in [-0.05, 0) is 68.7 Å². The lowest BCUT2D eigenvalue weighted by atomic mass is 9.95. The number of thiocarbonyl (C=S) groups is 1. The molecule has 35 heavy (non-hydrogen) atoms. The van der Waals surface area contributed by atoms with E-state index < -0.39 is 4.92 Å². The summed E-state index contributed by atoms with van der Waals surface area (Å²) in [6.45, 7) is 4.14.